The third-order valence-corrected chi connectivity index (χ3v) is 4.80. The van der Waals surface area contributed by atoms with Gasteiger partial charge in [-0.2, -0.15) is 10.2 Å². The number of carbonyl (C=O) groups is 1. The van der Waals surface area contributed by atoms with Gasteiger partial charge in [0.15, 0.2) is 5.66 Å². The summed E-state index contributed by atoms with van der Waals surface area (Å²) in [5, 5.41) is 8.23. The first-order chi connectivity index (χ1) is 11.2. The quantitative estimate of drug-likeness (QED) is 0.710. The molecular weight excluding hydrogens is 286 g/mol. The third kappa shape index (κ3) is 3.98. The fourth-order valence-electron chi connectivity index (χ4n) is 3.38. The highest BCUT2D eigenvalue weighted by Crippen LogP contribution is 2.38. The van der Waals surface area contributed by atoms with E-state index in [0.29, 0.717) is 25.3 Å². The van der Waals surface area contributed by atoms with E-state index in [2.05, 4.69) is 45.3 Å². The fraction of sp³-hybridized carbons (Fsp3) is 0.526. The maximum Gasteiger partial charge on any atom is 0.222 e. The van der Waals surface area contributed by atoms with Crippen molar-refractivity contribution in [1.82, 2.24) is 4.90 Å². The maximum atomic E-state index is 12.6. The molecule has 0 aliphatic carbocycles. The van der Waals surface area contributed by atoms with Crippen molar-refractivity contribution in [2.24, 2.45) is 10.2 Å². The van der Waals surface area contributed by atoms with Crippen LogP contribution in [0.15, 0.2) is 40.6 Å². The van der Waals surface area contributed by atoms with Crippen LogP contribution < -0.4 is 0 Å². The molecule has 1 atom stereocenters. The molecule has 1 unspecified atom stereocenters. The summed E-state index contributed by atoms with van der Waals surface area (Å²) in [5.41, 5.74) is 0.950. The van der Waals surface area contributed by atoms with Crippen molar-refractivity contribution in [2.45, 2.75) is 56.7 Å². The highest BCUT2D eigenvalue weighted by molar-refractivity contribution is 5.77. The fourth-order valence-corrected chi connectivity index (χ4v) is 3.38. The minimum Gasteiger partial charge on any atom is -0.339 e. The van der Waals surface area contributed by atoms with Gasteiger partial charge in [-0.15, -0.1) is 12.3 Å². The van der Waals surface area contributed by atoms with Crippen molar-refractivity contribution in [3.63, 3.8) is 0 Å². The Bertz CT molecular complexity index is 611. The molecule has 0 N–H and O–H groups in total. The lowest BCUT2D eigenvalue weighted by atomic mass is 10.0. The summed E-state index contributed by atoms with van der Waals surface area (Å²) in [6.45, 7) is 0.877. The van der Waals surface area contributed by atoms with Gasteiger partial charge in [-0.05, 0) is 24.8 Å². The lowest BCUT2D eigenvalue weighted by molar-refractivity contribution is -0.132. The number of likely N-dealkylation sites (tertiary alicyclic amines) is 1. The summed E-state index contributed by atoms with van der Waals surface area (Å²) >= 11 is 0. The topological polar surface area (TPSA) is 45.0 Å². The zero-order chi connectivity index (χ0) is 16.1. The van der Waals surface area contributed by atoms with Crippen LogP contribution in [-0.2, 0) is 11.2 Å². The number of amides is 1. The van der Waals surface area contributed by atoms with Gasteiger partial charge in [-0.3, -0.25) is 4.79 Å². The third-order valence-electron chi connectivity index (χ3n) is 4.80. The summed E-state index contributed by atoms with van der Waals surface area (Å²) in [6, 6.07) is 10.7. The molecule has 23 heavy (non-hydrogen) atoms. The second-order valence-corrected chi connectivity index (χ2v) is 6.46. The van der Waals surface area contributed by atoms with Gasteiger partial charge in [0.05, 0.1) is 0 Å². The van der Waals surface area contributed by atoms with Gasteiger partial charge < -0.3 is 4.90 Å². The highest BCUT2D eigenvalue weighted by Gasteiger charge is 2.40. The van der Waals surface area contributed by atoms with Crippen LogP contribution in [0.5, 0.6) is 0 Å². The summed E-state index contributed by atoms with van der Waals surface area (Å²) in [4.78, 5) is 14.7. The Kier molecular flexibility index (Phi) is 4.76. The summed E-state index contributed by atoms with van der Waals surface area (Å²) < 4.78 is 0. The van der Waals surface area contributed by atoms with Gasteiger partial charge in [0.25, 0.3) is 0 Å². The van der Waals surface area contributed by atoms with Crippen LogP contribution in [0.1, 0.15) is 44.1 Å². The second-order valence-electron chi connectivity index (χ2n) is 6.46. The predicted octanol–water partition coefficient (Wildman–Crippen LogP) is 3.58. The first-order valence-corrected chi connectivity index (χ1v) is 8.43. The largest absolute Gasteiger partial charge is 0.339 e. The van der Waals surface area contributed by atoms with Crippen LogP contribution in [0.3, 0.4) is 0 Å². The van der Waals surface area contributed by atoms with Gasteiger partial charge in [-0.25, -0.2) is 0 Å². The van der Waals surface area contributed by atoms with Crippen LogP contribution in [0.25, 0.3) is 0 Å². The minimum atomic E-state index is -0.351. The number of carbonyl (C=O) groups excluding carboxylic acids is 1. The second kappa shape index (κ2) is 6.95. The molecule has 1 aromatic carbocycles. The molecule has 0 aromatic heterocycles. The Labute approximate surface area is 138 Å². The molecule has 0 radical (unpaired) electrons. The van der Waals surface area contributed by atoms with Crippen LogP contribution in [0, 0.1) is 12.3 Å². The molecule has 1 saturated heterocycles. The van der Waals surface area contributed by atoms with Crippen LogP contribution in [0.4, 0.5) is 0 Å². The monoisotopic (exact) mass is 309 g/mol. The molecule has 3 rings (SSSR count). The summed E-state index contributed by atoms with van der Waals surface area (Å²) in [5.74, 6) is 2.86. The molecule has 2 aliphatic rings. The first kappa shape index (κ1) is 15.7. The van der Waals surface area contributed by atoms with E-state index in [1.54, 1.807) is 0 Å². The smallest absolute Gasteiger partial charge is 0.222 e. The molecule has 1 fully saturated rings. The summed E-state index contributed by atoms with van der Waals surface area (Å²) in [7, 11) is 0. The molecule has 0 bridgehead atoms. The van der Waals surface area contributed by atoms with Gasteiger partial charge >= 0.3 is 0 Å². The van der Waals surface area contributed by atoms with E-state index in [4.69, 9.17) is 6.42 Å². The van der Waals surface area contributed by atoms with Crippen molar-refractivity contribution >= 4 is 5.91 Å². The first-order valence-electron chi connectivity index (χ1n) is 8.43. The van der Waals surface area contributed by atoms with Crippen LogP contribution in [0.2, 0.25) is 0 Å². The van der Waals surface area contributed by atoms with E-state index in [9.17, 15) is 4.79 Å². The standard InChI is InChI=1S/C19H23N3O/c1-2-3-12-19(20-21-19)13-11-18(23)22-14-7-10-17(22)15-16-8-5-4-6-9-16/h1,4-6,8-9,17H,3,7,10-15H2. The number of hydrogen-bond acceptors (Lipinski definition) is 3. The SMILES string of the molecule is C#CCCC1(CCC(=O)N2CCCC2Cc2ccccc2)N=N1. The minimum absolute atomic E-state index is 0.237. The van der Waals surface area contributed by atoms with Crippen molar-refractivity contribution in [2.75, 3.05) is 6.54 Å². The van der Waals surface area contributed by atoms with E-state index in [-0.39, 0.29) is 11.6 Å². The number of nitrogens with zero attached hydrogens (tertiary/aromatic N) is 3. The van der Waals surface area contributed by atoms with E-state index in [0.717, 1.165) is 32.2 Å². The number of hydrogen-bond donors (Lipinski definition) is 0. The van der Waals surface area contributed by atoms with Crippen molar-refractivity contribution in [1.29, 1.82) is 0 Å². The number of rotatable bonds is 7. The predicted molar refractivity (Wildman–Crippen MR) is 89.8 cm³/mol. The lowest BCUT2D eigenvalue weighted by Crippen LogP contribution is -2.37. The van der Waals surface area contributed by atoms with Crippen molar-refractivity contribution in [3.8, 4) is 12.3 Å². The normalized spacial score (nSPS) is 21.2. The number of terminal acetylenes is 1. The van der Waals surface area contributed by atoms with Crippen LogP contribution >= 0.6 is 0 Å². The lowest BCUT2D eigenvalue weighted by Gasteiger charge is -2.25. The molecule has 1 amide bonds. The summed E-state index contributed by atoms with van der Waals surface area (Å²) in [6.07, 6.45) is 11.1. The Hall–Kier alpha value is -2.15. The van der Waals surface area contributed by atoms with Crippen molar-refractivity contribution in [3.05, 3.63) is 35.9 Å². The average molecular weight is 309 g/mol. The average Bonchev–Trinajstić information content (AvgIpc) is 3.21. The maximum absolute atomic E-state index is 12.6. The Morgan fingerprint density at radius 1 is 1.30 bits per heavy atom. The van der Waals surface area contributed by atoms with E-state index < -0.39 is 0 Å². The molecule has 4 heteroatoms. The highest BCUT2D eigenvalue weighted by atomic mass is 16.2. The Balaban J connectivity index is 1.51. The molecule has 0 spiro atoms. The molecule has 1 aromatic rings. The van der Waals surface area contributed by atoms with Crippen molar-refractivity contribution < 1.29 is 4.79 Å². The van der Waals surface area contributed by atoms with E-state index in [1.165, 1.54) is 5.56 Å². The molecule has 0 saturated carbocycles. The van der Waals surface area contributed by atoms with Gasteiger partial charge in [0, 0.05) is 38.3 Å². The molecule has 2 heterocycles. The van der Waals surface area contributed by atoms with Gasteiger partial charge in [-0.1, -0.05) is 30.3 Å². The van der Waals surface area contributed by atoms with Gasteiger partial charge in [0.1, 0.15) is 0 Å². The van der Waals surface area contributed by atoms with E-state index in [1.807, 2.05) is 6.07 Å². The zero-order valence-corrected chi connectivity index (χ0v) is 13.4. The Morgan fingerprint density at radius 2 is 2.09 bits per heavy atom. The zero-order valence-electron chi connectivity index (χ0n) is 13.4. The molecule has 2 aliphatic heterocycles. The number of benzene rings is 1. The molecule has 4 nitrogen and oxygen atoms in total. The van der Waals surface area contributed by atoms with Gasteiger partial charge in [0.2, 0.25) is 5.91 Å². The van der Waals surface area contributed by atoms with Crippen LogP contribution in [-0.4, -0.2) is 29.1 Å². The molecule has 120 valence electrons. The Morgan fingerprint density at radius 3 is 2.78 bits per heavy atom. The van der Waals surface area contributed by atoms with E-state index >= 15 is 0 Å². The molecular formula is C19H23N3O.